The third-order valence-electron chi connectivity index (χ3n) is 5.51. The number of carboxylic acids is 1. The molecule has 0 bridgehead atoms. The predicted octanol–water partition coefficient (Wildman–Crippen LogP) is 0.894. The minimum atomic E-state index is -1.98. The van der Waals surface area contributed by atoms with Gasteiger partial charge in [-0.3, -0.25) is 9.82 Å². The van der Waals surface area contributed by atoms with E-state index in [1.807, 2.05) is 19.1 Å². The second-order valence-electron chi connectivity index (χ2n) is 8.56. The first kappa shape index (κ1) is 32.2. The van der Waals surface area contributed by atoms with E-state index in [2.05, 4.69) is 26.8 Å². The van der Waals surface area contributed by atoms with Crippen molar-refractivity contribution >= 4 is 22.9 Å². The van der Waals surface area contributed by atoms with Crippen LogP contribution >= 0.6 is 0 Å². The van der Waals surface area contributed by atoms with Gasteiger partial charge in [0.2, 0.25) is 0 Å². The molecular formula is C26H33KN4O6S. The number of hydrogen-bond acceptors (Lipinski definition) is 8. The van der Waals surface area contributed by atoms with Crippen LogP contribution in [0.5, 0.6) is 17.2 Å². The maximum absolute atomic E-state index is 12.9. The first-order chi connectivity index (χ1) is 17.9. The number of rotatable bonds is 16. The van der Waals surface area contributed by atoms with E-state index < -0.39 is 17.2 Å². The van der Waals surface area contributed by atoms with Crippen molar-refractivity contribution in [2.75, 3.05) is 18.4 Å². The number of carboxylic acid groups (broad SMARTS) is 1. The molecule has 1 atom stereocenters. The van der Waals surface area contributed by atoms with Gasteiger partial charge in [0.05, 0.1) is 19.4 Å². The first-order valence-electron chi connectivity index (χ1n) is 12.3. The van der Waals surface area contributed by atoms with Crippen LogP contribution in [0.15, 0.2) is 36.4 Å². The summed E-state index contributed by atoms with van der Waals surface area (Å²) in [6, 6.07) is 10.5. The van der Waals surface area contributed by atoms with E-state index in [4.69, 9.17) is 13.7 Å². The number of anilines is 1. The topological polar surface area (TPSA) is 138 Å². The summed E-state index contributed by atoms with van der Waals surface area (Å²) in [4.78, 5) is 15.0. The maximum atomic E-state index is 12.9. The minimum absolute atomic E-state index is 0. The number of aromatic nitrogens is 3. The Kier molecular flexibility index (Phi) is 14.3. The number of nitrogens with one attached hydrogen (secondary N) is 2. The molecule has 0 saturated heterocycles. The largest absolute Gasteiger partial charge is 1.00 e. The molecule has 2 N–H and O–H groups in total. The number of aliphatic carboxylic acids is 1. The van der Waals surface area contributed by atoms with Gasteiger partial charge in [0.25, 0.3) is 0 Å². The van der Waals surface area contributed by atoms with Crippen LogP contribution in [0.3, 0.4) is 0 Å². The molecule has 200 valence electrons. The zero-order valence-electron chi connectivity index (χ0n) is 22.4. The molecule has 0 amide bonds. The average molecular weight is 569 g/mol. The minimum Gasteiger partial charge on any atom is -0.550 e. The maximum Gasteiger partial charge on any atom is 1.00 e. The molecule has 0 aliphatic heterocycles. The van der Waals surface area contributed by atoms with Gasteiger partial charge in [0.15, 0.2) is 17.3 Å². The molecule has 0 aliphatic carbocycles. The molecule has 3 aromatic rings. The number of carbonyl (C=O) groups is 1. The van der Waals surface area contributed by atoms with E-state index in [0.717, 1.165) is 18.4 Å². The standard InChI is InChI=1S/C26H34N4O6S.K/c1-4-5-6-7-8-9-14-35-22-12-10-18(2)15-23(22)36-37(33)30-20-16-19(11-13-21(20)34-3)26-27-24(28-29-26)17-25(31)32;/h10-13,15-16,30H,4-9,14,17H2,1-3H3,(H,31,32)(H,27,28,29);/q;+1/p-1. The van der Waals surface area contributed by atoms with Crippen LogP contribution < -0.4 is 74.9 Å². The van der Waals surface area contributed by atoms with Gasteiger partial charge in [-0.2, -0.15) is 9.31 Å². The van der Waals surface area contributed by atoms with Crippen molar-refractivity contribution in [1.82, 2.24) is 15.2 Å². The SMILES string of the molecule is CCCCCCCCOc1ccc(C)cc1OS(=O)Nc1cc(-c2n[nH]c(CC(=O)[O-])n2)ccc1OC.[K+]. The van der Waals surface area contributed by atoms with Crippen LogP contribution in [0.25, 0.3) is 11.4 Å². The molecule has 38 heavy (non-hydrogen) atoms. The third-order valence-corrected chi connectivity index (χ3v) is 6.23. The van der Waals surface area contributed by atoms with Crippen LogP contribution in [0.4, 0.5) is 5.69 Å². The van der Waals surface area contributed by atoms with Crippen LogP contribution in [0.1, 0.15) is 56.8 Å². The number of unbranched alkanes of at least 4 members (excludes halogenated alkanes) is 5. The smallest absolute Gasteiger partial charge is 0.550 e. The van der Waals surface area contributed by atoms with Crippen LogP contribution in [-0.4, -0.2) is 39.1 Å². The Balaban J connectivity index is 0.00000507. The number of ether oxygens (including phenoxy) is 2. The summed E-state index contributed by atoms with van der Waals surface area (Å²) in [5, 5.41) is 17.4. The van der Waals surface area contributed by atoms with Gasteiger partial charge in [-0.05, 0) is 49.2 Å². The number of carbonyl (C=O) groups excluding carboxylic acids is 1. The van der Waals surface area contributed by atoms with E-state index in [1.54, 1.807) is 24.3 Å². The summed E-state index contributed by atoms with van der Waals surface area (Å²) in [7, 11) is 1.49. The zero-order chi connectivity index (χ0) is 26.6. The molecule has 0 radical (unpaired) electrons. The van der Waals surface area contributed by atoms with Gasteiger partial charge < -0.3 is 23.6 Å². The monoisotopic (exact) mass is 568 g/mol. The van der Waals surface area contributed by atoms with Gasteiger partial charge in [0.1, 0.15) is 11.6 Å². The number of aromatic amines is 1. The molecule has 0 fully saturated rings. The van der Waals surface area contributed by atoms with Crippen LogP contribution in [0, 0.1) is 6.92 Å². The number of nitrogens with zero attached hydrogens (tertiary/aromatic N) is 2. The Morgan fingerprint density at radius 1 is 1.05 bits per heavy atom. The Morgan fingerprint density at radius 3 is 2.53 bits per heavy atom. The number of H-pyrrole nitrogens is 1. The average Bonchev–Trinajstić information content (AvgIpc) is 3.32. The summed E-state index contributed by atoms with van der Waals surface area (Å²) in [6.07, 6.45) is 6.56. The van der Waals surface area contributed by atoms with Crippen molar-refractivity contribution in [1.29, 1.82) is 0 Å². The molecule has 1 unspecified atom stereocenters. The Morgan fingerprint density at radius 2 is 1.79 bits per heavy atom. The van der Waals surface area contributed by atoms with Gasteiger partial charge in [-0.25, -0.2) is 4.98 Å². The second kappa shape index (κ2) is 16.9. The van der Waals surface area contributed by atoms with Crippen molar-refractivity contribution < 1.29 is 79.2 Å². The van der Waals surface area contributed by atoms with E-state index in [1.165, 1.54) is 32.8 Å². The fourth-order valence-electron chi connectivity index (χ4n) is 3.62. The van der Waals surface area contributed by atoms with E-state index in [9.17, 15) is 14.1 Å². The summed E-state index contributed by atoms with van der Waals surface area (Å²) < 4.78 is 32.7. The molecule has 3 rings (SSSR count). The zero-order valence-corrected chi connectivity index (χ0v) is 26.3. The van der Waals surface area contributed by atoms with Crippen molar-refractivity contribution in [2.24, 2.45) is 0 Å². The van der Waals surface area contributed by atoms with E-state index >= 15 is 0 Å². The second-order valence-corrected chi connectivity index (χ2v) is 9.40. The quantitative estimate of drug-likeness (QED) is 0.192. The van der Waals surface area contributed by atoms with Gasteiger partial charge in [0, 0.05) is 18.0 Å². The van der Waals surface area contributed by atoms with Gasteiger partial charge in [-0.15, -0.1) is 0 Å². The Hall–Kier alpha value is -1.96. The molecule has 0 aliphatic rings. The summed E-state index contributed by atoms with van der Waals surface area (Å²) in [5.41, 5.74) is 1.88. The van der Waals surface area contributed by atoms with Crippen molar-refractivity contribution in [3.63, 3.8) is 0 Å². The Bertz CT molecular complexity index is 1210. The summed E-state index contributed by atoms with van der Waals surface area (Å²) in [6.45, 7) is 4.67. The first-order valence-corrected chi connectivity index (χ1v) is 13.4. The molecule has 2 aromatic carbocycles. The number of aryl methyl sites for hydroxylation is 1. The molecule has 1 aromatic heterocycles. The van der Waals surface area contributed by atoms with Crippen LogP contribution in [-0.2, 0) is 22.5 Å². The third kappa shape index (κ3) is 10.3. The summed E-state index contributed by atoms with van der Waals surface area (Å²) >= 11 is -1.98. The number of methoxy groups -OCH3 is 1. The molecule has 12 heteroatoms. The normalized spacial score (nSPS) is 11.3. The van der Waals surface area contributed by atoms with Crippen molar-refractivity contribution in [3.8, 4) is 28.6 Å². The number of benzene rings is 2. The van der Waals surface area contributed by atoms with Crippen molar-refractivity contribution in [3.05, 3.63) is 47.8 Å². The van der Waals surface area contributed by atoms with E-state index in [0.29, 0.717) is 35.1 Å². The van der Waals surface area contributed by atoms with Crippen LogP contribution in [0.2, 0.25) is 0 Å². The predicted molar refractivity (Wildman–Crippen MR) is 140 cm³/mol. The van der Waals surface area contributed by atoms with Gasteiger partial charge >= 0.3 is 62.7 Å². The molecular weight excluding hydrogens is 535 g/mol. The van der Waals surface area contributed by atoms with Gasteiger partial charge in [-0.1, -0.05) is 45.1 Å². The molecule has 1 heterocycles. The Labute approximate surface area is 268 Å². The van der Waals surface area contributed by atoms with Crippen molar-refractivity contribution in [2.45, 2.75) is 58.8 Å². The molecule has 0 spiro atoms. The number of hydrogen-bond donors (Lipinski definition) is 2. The molecule has 0 saturated carbocycles. The summed E-state index contributed by atoms with van der Waals surface area (Å²) in [5.74, 6) is 0.496. The van der Waals surface area contributed by atoms with E-state index in [-0.39, 0.29) is 69.5 Å². The molecule has 10 nitrogen and oxygen atoms in total. The fraction of sp³-hybridized carbons (Fsp3) is 0.423. The fourth-order valence-corrected chi connectivity index (χ4v) is 4.30.